The number of anilines is 1. The Morgan fingerprint density at radius 3 is 2.06 bits per heavy atom. The Morgan fingerprint density at radius 2 is 1.45 bits per heavy atom. The predicted octanol–water partition coefficient (Wildman–Crippen LogP) is 6.62. The molecular formula is C36H38F3N3O4S. The second-order valence-electron chi connectivity index (χ2n) is 11.7. The number of carbonyl (C=O) groups excluding carboxylic acids is 2. The van der Waals surface area contributed by atoms with Crippen LogP contribution in [0.2, 0.25) is 0 Å². The summed E-state index contributed by atoms with van der Waals surface area (Å²) in [7, 11) is -4.53. The lowest BCUT2D eigenvalue weighted by Gasteiger charge is -2.34. The summed E-state index contributed by atoms with van der Waals surface area (Å²) in [5.74, 6) is -1.07. The van der Waals surface area contributed by atoms with Crippen LogP contribution in [0, 0.1) is 12.8 Å². The van der Waals surface area contributed by atoms with Crippen LogP contribution in [0.1, 0.15) is 36.1 Å². The Bertz CT molecular complexity index is 1770. The van der Waals surface area contributed by atoms with Crippen LogP contribution in [-0.4, -0.2) is 44.3 Å². The van der Waals surface area contributed by atoms with E-state index in [-0.39, 0.29) is 29.5 Å². The molecule has 11 heteroatoms. The van der Waals surface area contributed by atoms with Gasteiger partial charge in [-0.05, 0) is 59.9 Å². The molecule has 0 fully saturated rings. The monoisotopic (exact) mass is 665 g/mol. The molecule has 2 amide bonds. The van der Waals surface area contributed by atoms with Gasteiger partial charge in [0.05, 0.1) is 16.1 Å². The highest BCUT2D eigenvalue weighted by atomic mass is 32.2. The molecule has 4 aromatic rings. The summed E-state index contributed by atoms with van der Waals surface area (Å²) in [6.07, 6.45) is -4.63. The Kier molecular flexibility index (Phi) is 11.5. The van der Waals surface area contributed by atoms with E-state index in [4.69, 9.17) is 0 Å². The minimum Gasteiger partial charge on any atom is -0.354 e. The zero-order valence-corrected chi connectivity index (χ0v) is 27.3. The van der Waals surface area contributed by atoms with Gasteiger partial charge in [0.2, 0.25) is 11.8 Å². The number of carbonyl (C=O) groups is 2. The molecule has 0 aliphatic heterocycles. The maximum Gasteiger partial charge on any atom is 0.416 e. The molecule has 0 radical (unpaired) electrons. The fourth-order valence-corrected chi connectivity index (χ4v) is 6.46. The van der Waals surface area contributed by atoms with Gasteiger partial charge in [-0.25, -0.2) is 8.42 Å². The number of hydrogen-bond donors (Lipinski definition) is 1. The van der Waals surface area contributed by atoms with Crippen molar-refractivity contribution >= 4 is 27.5 Å². The number of nitrogens with zero attached hydrogens (tertiary/aromatic N) is 2. The average Bonchev–Trinajstić information content (AvgIpc) is 3.05. The smallest absolute Gasteiger partial charge is 0.354 e. The van der Waals surface area contributed by atoms with Gasteiger partial charge in [-0.2, -0.15) is 13.2 Å². The van der Waals surface area contributed by atoms with E-state index >= 15 is 0 Å². The predicted molar refractivity (Wildman–Crippen MR) is 176 cm³/mol. The topological polar surface area (TPSA) is 86.8 Å². The van der Waals surface area contributed by atoms with Crippen molar-refractivity contribution in [1.29, 1.82) is 0 Å². The highest BCUT2D eigenvalue weighted by Crippen LogP contribution is 2.33. The molecule has 0 aromatic heterocycles. The molecule has 0 unspecified atom stereocenters. The van der Waals surface area contributed by atoms with Crippen molar-refractivity contribution in [2.45, 2.75) is 50.9 Å². The van der Waals surface area contributed by atoms with Crippen LogP contribution in [0.3, 0.4) is 0 Å². The second-order valence-corrected chi connectivity index (χ2v) is 13.5. The van der Waals surface area contributed by atoms with Crippen molar-refractivity contribution in [1.82, 2.24) is 10.2 Å². The van der Waals surface area contributed by atoms with Crippen LogP contribution in [0.5, 0.6) is 0 Å². The lowest BCUT2D eigenvalue weighted by atomic mass is 10.0. The first-order chi connectivity index (χ1) is 22.3. The number of nitrogens with one attached hydrogen (secondary N) is 1. The van der Waals surface area contributed by atoms with Gasteiger partial charge in [-0.15, -0.1) is 0 Å². The number of amides is 2. The van der Waals surface area contributed by atoms with Crippen molar-refractivity contribution in [3.63, 3.8) is 0 Å². The van der Waals surface area contributed by atoms with E-state index < -0.39 is 46.2 Å². The molecule has 47 heavy (non-hydrogen) atoms. The summed E-state index contributed by atoms with van der Waals surface area (Å²) in [6.45, 7) is 5.18. The molecule has 248 valence electrons. The van der Waals surface area contributed by atoms with E-state index in [0.29, 0.717) is 16.9 Å². The van der Waals surface area contributed by atoms with Gasteiger partial charge in [-0.3, -0.25) is 13.9 Å². The van der Waals surface area contributed by atoms with E-state index in [1.807, 2.05) is 69.3 Å². The summed E-state index contributed by atoms with van der Waals surface area (Å²) in [6, 6.07) is 26.4. The maximum atomic E-state index is 14.5. The fourth-order valence-electron chi connectivity index (χ4n) is 5.03. The molecule has 0 aliphatic rings. The molecule has 7 nitrogen and oxygen atoms in total. The van der Waals surface area contributed by atoms with Crippen LogP contribution in [0.25, 0.3) is 0 Å². The number of sulfonamides is 1. The van der Waals surface area contributed by atoms with E-state index in [1.54, 1.807) is 12.1 Å². The number of benzene rings is 4. The van der Waals surface area contributed by atoms with E-state index in [2.05, 4.69) is 5.32 Å². The first-order valence-corrected chi connectivity index (χ1v) is 16.6. The van der Waals surface area contributed by atoms with Gasteiger partial charge in [-0.1, -0.05) is 92.7 Å². The van der Waals surface area contributed by atoms with Crippen LogP contribution in [-0.2, 0) is 38.8 Å². The van der Waals surface area contributed by atoms with Crippen molar-refractivity contribution in [2.24, 2.45) is 5.92 Å². The van der Waals surface area contributed by atoms with E-state index in [9.17, 15) is 31.2 Å². The number of halogens is 3. The first kappa shape index (κ1) is 35.2. The zero-order valence-electron chi connectivity index (χ0n) is 26.4. The van der Waals surface area contributed by atoms with Crippen molar-refractivity contribution < 1.29 is 31.2 Å². The third-order valence-electron chi connectivity index (χ3n) is 7.63. The third-order valence-corrected chi connectivity index (χ3v) is 9.42. The van der Waals surface area contributed by atoms with E-state index in [0.717, 1.165) is 28.8 Å². The van der Waals surface area contributed by atoms with Crippen LogP contribution in [0.4, 0.5) is 18.9 Å². The molecule has 4 rings (SSSR count). The second kappa shape index (κ2) is 15.3. The lowest BCUT2D eigenvalue weighted by molar-refractivity contribution is -0.140. The van der Waals surface area contributed by atoms with E-state index in [1.165, 1.54) is 35.2 Å². The molecule has 0 aliphatic carbocycles. The molecule has 0 heterocycles. The first-order valence-electron chi connectivity index (χ1n) is 15.2. The van der Waals surface area contributed by atoms with Gasteiger partial charge in [0, 0.05) is 19.5 Å². The highest BCUT2D eigenvalue weighted by Gasteiger charge is 2.36. The van der Waals surface area contributed by atoms with Gasteiger partial charge in [0.1, 0.15) is 12.6 Å². The SMILES string of the molecule is Cc1ccccc1CN(C(=O)CN(c1cccc(C(F)(F)F)c1)S(=O)(=O)c1ccccc1)[C@H](Cc1ccccc1)C(=O)NCC(C)C. The average molecular weight is 666 g/mol. The van der Waals surface area contributed by atoms with Gasteiger partial charge in [0.15, 0.2) is 0 Å². The molecule has 0 bridgehead atoms. The Hall–Kier alpha value is -4.64. The number of hydrogen-bond acceptors (Lipinski definition) is 4. The van der Waals surface area contributed by atoms with Crippen LogP contribution >= 0.6 is 0 Å². The molecule has 4 aromatic carbocycles. The van der Waals surface area contributed by atoms with Gasteiger partial charge < -0.3 is 10.2 Å². The minimum atomic E-state index is -4.76. The highest BCUT2D eigenvalue weighted by molar-refractivity contribution is 7.92. The summed E-state index contributed by atoms with van der Waals surface area (Å²) >= 11 is 0. The quantitative estimate of drug-likeness (QED) is 0.174. The normalized spacial score (nSPS) is 12.4. The summed E-state index contributed by atoms with van der Waals surface area (Å²) in [4.78, 5) is 29.5. The Balaban J connectivity index is 1.84. The number of alkyl halides is 3. The molecule has 0 saturated carbocycles. The van der Waals surface area contributed by atoms with Gasteiger partial charge >= 0.3 is 6.18 Å². The lowest BCUT2D eigenvalue weighted by Crippen LogP contribution is -2.53. The number of aryl methyl sites for hydroxylation is 1. The molecule has 1 N–H and O–H groups in total. The molecule has 1 atom stereocenters. The van der Waals surface area contributed by atoms with Crippen LogP contribution < -0.4 is 9.62 Å². The fraction of sp³-hybridized carbons (Fsp3) is 0.278. The Morgan fingerprint density at radius 1 is 0.830 bits per heavy atom. The summed E-state index contributed by atoms with van der Waals surface area (Å²) < 4.78 is 70.0. The molecule has 0 saturated heterocycles. The van der Waals surface area contributed by atoms with Crippen molar-refractivity contribution in [3.8, 4) is 0 Å². The molecule has 0 spiro atoms. The van der Waals surface area contributed by atoms with Gasteiger partial charge in [0.25, 0.3) is 10.0 Å². The zero-order chi connectivity index (χ0) is 34.2. The molecular weight excluding hydrogens is 627 g/mol. The maximum absolute atomic E-state index is 14.5. The number of rotatable bonds is 13. The largest absolute Gasteiger partial charge is 0.416 e. The van der Waals surface area contributed by atoms with Crippen molar-refractivity contribution in [3.05, 3.63) is 131 Å². The van der Waals surface area contributed by atoms with Crippen LogP contribution in [0.15, 0.2) is 114 Å². The minimum absolute atomic E-state index is 0.0417. The summed E-state index contributed by atoms with van der Waals surface area (Å²) in [5.41, 5.74) is 0.941. The Labute approximate surface area is 274 Å². The van der Waals surface area contributed by atoms with Crippen molar-refractivity contribution in [2.75, 3.05) is 17.4 Å². The summed E-state index contributed by atoms with van der Waals surface area (Å²) in [5, 5.41) is 2.91. The third kappa shape index (κ3) is 9.22. The standard InChI is InChI=1S/C36H38F3N3O4S/c1-26(2)23-40-35(44)33(21-28-14-6-4-7-15-28)41(24-29-16-11-10-13-27(29)3)34(43)25-42(47(45,46)32-19-8-5-9-20-32)31-18-12-17-30(22-31)36(37,38)39/h4-20,22,26,33H,21,23-25H2,1-3H3,(H,40,44)/t33-/m1/s1.